The molecule has 0 saturated carbocycles. The van der Waals surface area contributed by atoms with Gasteiger partial charge in [-0.1, -0.05) is 0 Å². The lowest BCUT2D eigenvalue weighted by molar-refractivity contribution is -0.141. The van der Waals surface area contributed by atoms with Crippen molar-refractivity contribution in [1.29, 1.82) is 0 Å². The van der Waals surface area contributed by atoms with Gasteiger partial charge in [-0.2, -0.15) is 0 Å². The summed E-state index contributed by atoms with van der Waals surface area (Å²) in [5.41, 5.74) is 0. The molecule has 0 bridgehead atoms. The van der Waals surface area contributed by atoms with E-state index in [-0.39, 0.29) is 6.61 Å². The number of nitrogens with zero attached hydrogens (tertiary/aromatic N) is 2. The van der Waals surface area contributed by atoms with E-state index in [2.05, 4.69) is 11.9 Å². The quantitative estimate of drug-likeness (QED) is 0.767. The van der Waals surface area contributed by atoms with E-state index in [1.165, 1.54) is 4.90 Å². The van der Waals surface area contributed by atoms with Gasteiger partial charge in [-0.25, -0.2) is 9.59 Å². The molecule has 2 aliphatic heterocycles. The van der Waals surface area contributed by atoms with Crippen LogP contribution in [0.2, 0.25) is 0 Å². The minimum Gasteiger partial charge on any atom is -0.480 e. The van der Waals surface area contributed by atoms with E-state index in [4.69, 9.17) is 9.84 Å². The average Bonchev–Trinajstić information content (AvgIpc) is 2.64. The number of carbonyl (C=O) groups excluding carboxylic acids is 1. The molecule has 2 saturated heterocycles. The predicted molar refractivity (Wildman–Crippen MR) is 59.7 cm³/mol. The standard InChI is InChI=1S/C11H18N2O4/c1-12-4-2-8(3-5-12)6-13-9(10(14)15)7-17-11(13)16/h8-9H,2-7H2,1H3,(H,14,15). The van der Waals surface area contributed by atoms with E-state index >= 15 is 0 Å². The van der Waals surface area contributed by atoms with Gasteiger partial charge in [0.15, 0.2) is 6.04 Å². The van der Waals surface area contributed by atoms with Crippen LogP contribution in [-0.2, 0) is 9.53 Å². The average molecular weight is 242 g/mol. The highest BCUT2D eigenvalue weighted by molar-refractivity contribution is 5.82. The molecule has 6 nitrogen and oxygen atoms in total. The summed E-state index contributed by atoms with van der Waals surface area (Å²) < 4.78 is 4.80. The van der Waals surface area contributed by atoms with Crippen LogP contribution in [0.5, 0.6) is 0 Å². The van der Waals surface area contributed by atoms with Gasteiger partial charge >= 0.3 is 12.1 Å². The normalized spacial score (nSPS) is 27.2. The van der Waals surface area contributed by atoms with E-state index in [1.807, 2.05) is 0 Å². The number of carboxylic acids is 1. The number of amides is 1. The van der Waals surface area contributed by atoms with Crippen LogP contribution in [0.25, 0.3) is 0 Å². The van der Waals surface area contributed by atoms with Crippen molar-refractivity contribution in [3.8, 4) is 0 Å². The van der Waals surface area contributed by atoms with Gasteiger partial charge in [0, 0.05) is 6.54 Å². The van der Waals surface area contributed by atoms with Gasteiger partial charge in [0.25, 0.3) is 0 Å². The number of hydrogen-bond acceptors (Lipinski definition) is 4. The van der Waals surface area contributed by atoms with Crippen molar-refractivity contribution in [2.45, 2.75) is 18.9 Å². The lowest BCUT2D eigenvalue weighted by Crippen LogP contribution is -2.44. The van der Waals surface area contributed by atoms with Gasteiger partial charge in [0.1, 0.15) is 6.61 Å². The largest absolute Gasteiger partial charge is 0.480 e. The van der Waals surface area contributed by atoms with E-state index in [0.717, 1.165) is 25.9 Å². The lowest BCUT2D eigenvalue weighted by atomic mass is 9.96. The maximum Gasteiger partial charge on any atom is 0.410 e. The minimum absolute atomic E-state index is 0.0270. The molecule has 1 amide bonds. The van der Waals surface area contributed by atoms with Gasteiger partial charge in [0.2, 0.25) is 0 Å². The number of likely N-dealkylation sites (tertiary alicyclic amines) is 1. The summed E-state index contributed by atoms with van der Waals surface area (Å²) in [4.78, 5) is 26.0. The summed E-state index contributed by atoms with van der Waals surface area (Å²) in [5.74, 6) is -0.595. The summed E-state index contributed by atoms with van der Waals surface area (Å²) in [6, 6.07) is -0.804. The molecule has 2 rings (SSSR count). The lowest BCUT2D eigenvalue weighted by Gasteiger charge is -2.31. The molecule has 0 spiro atoms. The monoisotopic (exact) mass is 242 g/mol. The van der Waals surface area contributed by atoms with Crippen molar-refractivity contribution in [3.05, 3.63) is 0 Å². The van der Waals surface area contributed by atoms with Crippen molar-refractivity contribution in [2.75, 3.05) is 33.3 Å². The third kappa shape index (κ3) is 2.69. The van der Waals surface area contributed by atoms with E-state index < -0.39 is 18.1 Å². The highest BCUT2D eigenvalue weighted by Crippen LogP contribution is 2.21. The van der Waals surface area contributed by atoms with Crippen molar-refractivity contribution < 1.29 is 19.4 Å². The smallest absolute Gasteiger partial charge is 0.410 e. The second-order valence-electron chi connectivity index (χ2n) is 4.83. The second kappa shape index (κ2) is 4.91. The Balaban J connectivity index is 1.92. The first-order chi connectivity index (χ1) is 8.08. The molecule has 0 radical (unpaired) electrons. The number of cyclic esters (lactones) is 1. The van der Waals surface area contributed by atoms with Crippen molar-refractivity contribution in [3.63, 3.8) is 0 Å². The Kier molecular flexibility index (Phi) is 3.51. The number of ether oxygens (including phenoxy) is 1. The Morgan fingerprint density at radius 3 is 2.71 bits per heavy atom. The summed E-state index contributed by atoms with van der Waals surface area (Å²) in [7, 11) is 2.07. The predicted octanol–water partition coefficient (Wildman–Crippen LogP) is 0.234. The fourth-order valence-electron chi connectivity index (χ4n) is 2.38. The minimum atomic E-state index is -0.983. The van der Waals surface area contributed by atoms with Crippen LogP contribution in [0.4, 0.5) is 4.79 Å². The zero-order valence-electron chi connectivity index (χ0n) is 9.96. The van der Waals surface area contributed by atoms with E-state index in [0.29, 0.717) is 12.5 Å². The molecule has 0 aromatic heterocycles. The molecule has 1 unspecified atom stereocenters. The van der Waals surface area contributed by atoms with Crippen molar-refractivity contribution in [2.24, 2.45) is 5.92 Å². The molecular weight excluding hydrogens is 224 g/mol. The fourth-order valence-corrected chi connectivity index (χ4v) is 2.38. The Morgan fingerprint density at radius 2 is 2.12 bits per heavy atom. The van der Waals surface area contributed by atoms with Gasteiger partial charge in [0.05, 0.1) is 0 Å². The summed E-state index contributed by atoms with van der Waals surface area (Å²) in [6.07, 6.45) is 1.52. The van der Waals surface area contributed by atoms with Crippen molar-refractivity contribution in [1.82, 2.24) is 9.80 Å². The van der Waals surface area contributed by atoms with Gasteiger partial charge < -0.3 is 14.7 Å². The highest BCUT2D eigenvalue weighted by atomic mass is 16.6. The number of carboxylic acid groups (broad SMARTS) is 1. The van der Waals surface area contributed by atoms with Gasteiger partial charge in [-0.05, 0) is 38.9 Å². The van der Waals surface area contributed by atoms with Crippen LogP contribution in [0.15, 0.2) is 0 Å². The third-order valence-electron chi connectivity index (χ3n) is 3.55. The van der Waals surface area contributed by atoms with Crippen LogP contribution in [0, 0.1) is 5.92 Å². The summed E-state index contributed by atoms with van der Waals surface area (Å²) in [5, 5.41) is 8.99. The van der Waals surface area contributed by atoms with Gasteiger partial charge in [-0.15, -0.1) is 0 Å². The molecule has 0 aliphatic carbocycles. The zero-order valence-corrected chi connectivity index (χ0v) is 9.96. The SMILES string of the molecule is CN1CCC(CN2C(=O)OCC2C(=O)O)CC1. The molecule has 0 aromatic rings. The number of aliphatic carboxylic acids is 1. The van der Waals surface area contributed by atoms with Crippen LogP contribution < -0.4 is 0 Å². The maximum atomic E-state index is 11.5. The van der Waals surface area contributed by atoms with Crippen LogP contribution >= 0.6 is 0 Å². The molecule has 2 aliphatic rings. The summed E-state index contributed by atoms with van der Waals surface area (Å²) in [6.45, 7) is 2.49. The topological polar surface area (TPSA) is 70.1 Å². The number of piperidine rings is 1. The first-order valence-electron chi connectivity index (χ1n) is 5.92. The van der Waals surface area contributed by atoms with Crippen LogP contribution in [-0.4, -0.2) is 66.3 Å². The van der Waals surface area contributed by atoms with E-state index in [1.54, 1.807) is 0 Å². The van der Waals surface area contributed by atoms with Gasteiger partial charge in [-0.3, -0.25) is 4.90 Å². The maximum absolute atomic E-state index is 11.5. The van der Waals surface area contributed by atoms with Crippen LogP contribution in [0.1, 0.15) is 12.8 Å². The number of carbonyl (C=O) groups is 2. The Labute approximate surface area is 100 Å². The Hall–Kier alpha value is -1.30. The Bertz CT molecular complexity index is 313. The molecule has 96 valence electrons. The molecular formula is C11H18N2O4. The second-order valence-corrected chi connectivity index (χ2v) is 4.83. The highest BCUT2D eigenvalue weighted by Gasteiger charge is 2.39. The third-order valence-corrected chi connectivity index (χ3v) is 3.55. The molecule has 1 N–H and O–H groups in total. The molecule has 2 fully saturated rings. The van der Waals surface area contributed by atoms with Crippen molar-refractivity contribution >= 4 is 12.1 Å². The number of rotatable bonds is 3. The van der Waals surface area contributed by atoms with Crippen LogP contribution in [0.3, 0.4) is 0 Å². The first kappa shape index (κ1) is 12.2. The first-order valence-corrected chi connectivity index (χ1v) is 5.92. The molecule has 1 atom stereocenters. The number of hydrogen-bond donors (Lipinski definition) is 1. The zero-order chi connectivity index (χ0) is 12.4. The molecule has 0 aromatic carbocycles. The summed E-state index contributed by atoms with van der Waals surface area (Å²) >= 11 is 0. The molecule has 2 heterocycles. The van der Waals surface area contributed by atoms with E-state index in [9.17, 15) is 9.59 Å². The fraction of sp³-hybridized carbons (Fsp3) is 0.818. The Morgan fingerprint density at radius 1 is 1.47 bits per heavy atom. The molecule has 17 heavy (non-hydrogen) atoms. The molecule has 6 heteroatoms.